The second-order valence-electron chi connectivity index (χ2n) is 2.91. The molecule has 0 bridgehead atoms. The summed E-state index contributed by atoms with van der Waals surface area (Å²) in [7, 11) is 2.05. The minimum atomic E-state index is 0.980. The van der Waals surface area contributed by atoms with Gasteiger partial charge in [0.15, 0.2) is 0 Å². The van der Waals surface area contributed by atoms with Crippen LogP contribution in [0.5, 0.6) is 0 Å². The molecule has 3 heteroatoms. The first-order chi connectivity index (χ1) is 5.79. The Balaban J connectivity index is 2.66. The summed E-state index contributed by atoms with van der Waals surface area (Å²) >= 11 is 0. The van der Waals surface area contributed by atoms with Crippen LogP contribution in [-0.2, 0) is 13.5 Å². The van der Waals surface area contributed by atoms with Gasteiger partial charge < -0.3 is 9.88 Å². The monoisotopic (exact) mass is 167 g/mol. The lowest BCUT2D eigenvalue weighted by molar-refractivity contribution is 0.824. The normalized spacial score (nSPS) is 10.2. The van der Waals surface area contributed by atoms with Crippen LogP contribution in [0.25, 0.3) is 0 Å². The number of nitrogens with one attached hydrogen (secondary N) is 1. The van der Waals surface area contributed by atoms with Crippen molar-refractivity contribution in [3.8, 4) is 0 Å². The van der Waals surface area contributed by atoms with Crippen molar-refractivity contribution in [2.75, 3.05) is 11.9 Å². The summed E-state index contributed by atoms with van der Waals surface area (Å²) in [6.45, 7) is 5.28. The van der Waals surface area contributed by atoms with Crippen molar-refractivity contribution in [1.82, 2.24) is 9.55 Å². The molecule has 0 aliphatic carbocycles. The first-order valence-electron chi connectivity index (χ1n) is 4.54. The number of hydrogen-bond acceptors (Lipinski definition) is 2. The minimum Gasteiger partial charge on any atom is -0.356 e. The van der Waals surface area contributed by atoms with E-state index in [4.69, 9.17) is 0 Å². The lowest BCUT2D eigenvalue weighted by Crippen LogP contribution is -2.06. The highest BCUT2D eigenvalue weighted by Gasteiger charge is 2.02. The predicted octanol–water partition coefficient (Wildman–Crippen LogP) is 1.80. The van der Waals surface area contributed by atoms with E-state index in [1.165, 1.54) is 5.69 Å². The molecule has 0 saturated heterocycles. The molecule has 0 amide bonds. The third-order valence-corrected chi connectivity index (χ3v) is 1.98. The van der Waals surface area contributed by atoms with Gasteiger partial charge in [-0.3, -0.25) is 0 Å². The van der Waals surface area contributed by atoms with Crippen LogP contribution in [0.15, 0.2) is 6.20 Å². The smallest absolute Gasteiger partial charge is 0.202 e. The van der Waals surface area contributed by atoms with Gasteiger partial charge in [0, 0.05) is 19.3 Å². The minimum absolute atomic E-state index is 0.980. The maximum absolute atomic E-state index is 4.28. The summed E-state index contributed by atoms with van der Waals surface area (Å²) in [5.74, 6) is 0.980. The third kappa shape index (κ3) is 1.78. The fourth-order valence-corrected chi connectivity index (χ4v) is 1.17. The average molecular weight is 167 g/mol. The van der Waals surface area contributed by atoms with Gasteiger partial charge in [0.1, 0.15) is 0 Å². The van der Waals surface area contributed by atoms with E-state index < -0.39 is 0 Å². The fourth-order valence-electron chi connectivity index (χ4n) is 1.17. The molecule has 3 nitrogen and oxygen atoms in total. The van der Waals surface area contributed by atoms with Crippen molar-refractivity contribution < 1.29 is 0 Å². The van der Waals surface area contributed by atoms with Gasteiger partial charge in [0.25, 0.3) is 0 Å². The highest BCUT2D eigenvalue weighted by molar-refractivity contribution is 5.28. The summed E-state index contributed by atoms with van der Waals surface area (Å²) in [6.07, 6.45) is 4.10. The molecule has 1 rings (SSSR count). The Labute approximate surface area is 73.8 Å². The van der Waals surface area contributed by atoms with E-state index in [2.05, 4.69) is 28.7 Å². The standard InChI is InChI=1S/C9H17N3/c1-4-6-10-9-11-7-8(5-2)12(9)3/h7H,4-6H2,1-3H3,(H,10,11). The van der Waals surface area contributed by atoms with Crippen LogP contribution >= 0.6 is 0 Å². The zero-order valence-electron chi connectivity index (χ0n) is 8.09. The van der Waals surface area contributed by atoms with Crippen molar-refractivity contribution in [1.29, 1.82) is 0 Å². The van der Waals surface area contributed by atoms with Crippen molar-refractivity contribution in [3.63, 3.8) is 0 Å². The number of hydrogen-bond donors (Lipinski definition) is 1. The lowest BCUT2D eigenvalue weighted by Gasteiger charge is -2.05. The summed E-state index contributed by atoms with van der Waals surface area (Å²) in [4.78, 5) is 4.28. The van der Waals surface area contributed by atoms with E-state index in [1.807, 2.05) is 13.2 Å². The SMILES string of the molecule is CCCNc1ncc(CC)n1C. The van der Waals surface area contributed by atoms with Crippen LogP contribution in [0, 0.1) is 0 Å². The van der Waals surface area contributed by atoms with E-state index in [0.717, 1.165) is 25.3 Å². The van der Waals surface area contributed by atoms with Gasteiger partial charge in [-0.2, -0.15) is 0 Å². The second kappa shape index (κ2) is 4.14. The van der Waals surface area contributed by atoms with E-state index in [0.29, 0.717) is 0 Å². The van der Waals surface area contributed by atoms with Crippen LogP contribution in [0.3, 0.4) is 0 Å². The Morgan fingerprint density at radius 1 is 1.50 bits per heavy atom. The molecule has 0 saturated carbocycles. The van der Waals surface area contributed by atoms with Gasteiger partial charge in [-0.05, 0) is 12.8 Å². The van der Waals surface area contributed by atoms with Gasteiger partial charge in [-0.25, -0.2) is 4.98 Å². The molecule has 1 N–H and O–H groups in total. The van der Waals surface area contributed by atoms with Crippen molar-refractivity contribution >= 4 is 5.95 Å². The van der Waals surface area contributed by atoms with E-state index in [9.17, 15) is 0 Å². The van der Waals surface area contributed by atoms with Crippen LogP contribution in [0.4, 0.5) is 5.95 Å². The first-order valence-corrected chi connectivity index (χ1v) is 4.54. The van der Waals surface area contributed by atoms with Crippen LogP contribution in [0.2, 0.25) is 0 Å². The number of nitrogens with zero attached hydrogens (tertiary/aromatic N) is 2. The Kier molecular flexibility index (Phi) is 3.14. The van der Waals surface area contributed by atoms with Crippen LogP contribution < -0.4 is 5.32 Å². The summed E-state index contributed by atoms with van der Waals surface area (Å²) < 4.78 is 2.11. The highest BCUT2D eigenvalue weighted by Crippen LogP contribution is 2.07. The Bertz CT molecular complexity index is 240. The van der Waals surface area contributed by atoms with Gasteiger partial charge in [0.05, 0.1) is 6.20 Å². The maximum atomic E-state index is 4.28. The van der Waals surface area contributed by atoms with Gasteiger partial charge in [0.2, 0.25) is 5.95 Å². The first kappa shape index (κ1) is 9.10. The maximum Gasteiger partial charge on any atom is 0.202 e. The van der Waals surface area contributed by atoms with E-state index >= 15 is 0 Å². The molecule has 0 atom stereocenters. The van der Waals surface area contributed by atoms with Gasteiger partial charge in [-0.1, -0.05) is 13.8 Å². The molecular formula is C9H17N3. The topological polar surface area (TPSA) is 29.9 Å². The van der Waals surface area contributed by atoms with Gasteiger partial charge in [-0.15, -0.1) is 0 Å². The molecule has 1 aromatic heterocycles. The Hall–Kier alpha value is -0.990. The Morgan fingerprint density at radius 2 is 2.25 bits per heavy atom. The molecular weight excluding hydrogens is 150 g/mol. The molecule has 0 spiro atoms. The van der Waals surface area contributed by atoms with Crippen LogP contribution in [0.1, 0.15) is 26.0 Å². The lowest BCUT2D eigenvalue weighted by atomic mass is 10.4. The summed E-state index contributed by atoms with van der Waals surface area (Å²) in [6, 6.07) is 0. The fraction of sp³-hybridized carbons (Fsp3) is 0.667. The molecule has 68 valence electrons. The number of aryl methyl sites for hydroxylation is 1. The molecule has 0 unspecified atom stereocenters. The van der Waals surface area contributed by atoms with E-state index in [-0.39, 0.29) is 0 Å². The predicted molar refractivity (Wildman–Crippen MR) is 51.4 cm³/mol. The number of aromatic nitrogens is 2. The van der Waals surface area contributed by atoms with Crippen molar-refractivity contribution in [3.05, 3.63) is 11.9 Å². The number of anilines is 1. The van der Waals surface area contributed by atoms with Gasteiger partial charge >= 0.3 is 0 Å². The largest absolute Gasteiger partial charge is 0.356 e. The van der Waals surface area contributed by atoms with Crippen LogP contribution in [-0.4, -0.2) is 16.1 Å². The zero-order valence-corrected chi connectivity index (χ0v) is 8.09. The highest BCUT2D eigenvalue weighted by atomic mass is 15.2. The average Bonchev–Trinajstić information content (AvgIpc) is 2.43. The molecule has 12 heavy (non-hydrogen) atoms. The van der Waals surface area contributed by atoms with Crippen molar-refractivity contribution in [2.45, 2.75) is 26.7 Å². The number of imidazole rings is 1. The molecule has 1 heterocycles. The molecule has 0 aliphatic heterocycles. The molecule has 1 aromatic rings. The second-order valence-corrected chi connectivity index (χ2v) is 2.91. The molecule has 0 radical (unpaired) electrons. The third-order valence-electron chi connectivity index (χ3n) is 1.98. The quantitative estimate of drug-likeness (QED) is 0.741. The summed E-state index contributed by atoms with van der Waals surface area (Å²) in [5, 5.41) is 3.27. The molecule has 0 aliphatic rings. The molecule has 0 fully saturated rings. The van der Waals surface area contributed by atoms with Crippen molar-refractivity contribution in [2.24, 2.45) is 7.05 Å². The summed E-state index contributed by atoms with van der Waals surface area (Å²) in [5.41, 5.74) is 1.27. The zero-order chi connectivity index (χ0) is 8.97. The van der Waals surface area contributed by atoms with E-state index in [1.54, 1.807) is 0 Å². The molecule has 0 aromatic carbocycles. The number of rotatable bonds is 4. The Morgan fingerprint density at radius 3 is 2.75 bits per heavy atom.